The van der Waals surface area contributed by atoms with Crippen molar-refractivity contribution in [3.63, 3.8) is 0 Å². The maximum atomic E-state index is 12.4. The van der Waals surface area contributed by atoms with E-state index in [-0.39, 0.29) is 17.9 Å². The molecule has 22 heavy (non-hydrogen) atoms. The van der Waals surface area contributed by atoms with E-state index in [4.69, 9.17) is 9.15 Å². The largest absolute Gasteiger partial charge is 0.448 e. The smallest absolute Gasteiger partial charge is 0.273 e. The molecule has 0 aromatic carbocycles. The van der Waals surface area contributed by atoms with Crippen molar-refractivity contribution in [2.45, 2.75) is 63.8 Å². The lowest BCUT2D eigenvalue weighted by molar-refractivity contribution is 0.0794. The molecule has 2 aliphatic rings. The van der Waals surface area contributed by atoms with Gasteiger partial charge in [0.25, 0.3) is 5.91 Å². The molecule has 1 N–H and O–H groups in total. The maximum Gasteiger partial charge on any atom is 0.273 e. The first-order valence-electron chi connectivity index (χ1n) is 8.62. The van der Waals surface area contributed by atoms with E-state index in [1.165, 1.54) is 25.5 Å². The van der Waals surface area contributed by atoms with E-state index in [9.17, 15) is 4.79 Å². The van der Waals surface area contributed by atoms with Gasteiger partial charge in [0.05, 0.1) is 0 Å². The average molecular weight is 306 g/mol. The summed E-state index contributed by atoms with van der Waals surface area (Å²) in [5.41, 5.74) is 0.418. The lowest BCUT2D eigenvalue weighted by Crippen LogP contribution is -2.42. The van der Waals surface area contributed by atoms with Gasteiger partial charge in [-0.25, -0.2) is 4.98 Å². The van der Waals surface area contributed by atoms with Crippen molar-refractivity contribution in [3.8, 4) is 0 Å². The SMILES string of the molecule is CCCC(NC(=O)c1coc(C2CCOCC2)n1)C1CCC1. The van der Waals surface area contributed by atoms with E-state index in [1.54, 1.807) is 0 Å². The quantitative estimate of drug-likeness (QED) is 0.876. The second kappa shape index (κ2) is 7.27. The highest BCUT2D eigenvalue weighted by atomic mass is 16.5. The Morgan fingerprint density at radius 1 is 1.36 bits per heavy atom. The van der Waals surface area contributed by atoms with Crippen LogP contribution in [0.15, 0.2) is 10.7 Å². The molecular weight excluding hydrogens is 280 g/mol. The zero-order valence-electron chi connectivity index (χ0n) is 13.3. The molecule has 1 aliphatic carbocycles. The van der Waals surface area contributed by atoms with Crippen LogP contribution in [0.25, 0.3) is 0 Å². The van der Waals surface area contributed by atoms with Gasteiger partial charge in [0.2, 0.25) is 0 Å². The van der Waals surface area contributed by atoms with Crippen LogP contribution in [0.4, 0.5) is 0 Å². The summed E-state index contributed by atoms with van der Waals surface area (Å²) in [5.74, 6) is 1.52. The number of aromatic nitrogens is 1. The second-order valence-electron chi connectivity index (χ2n) is 6.52. The number of oxazole rings is 1. The number of rotatable bonds is 6. The summed E-state index contributed by atoms with van der Waals surface area (Å²) in [6.07, 6.45) is 9.23. The molecule has 0 spiro atoms. The molecule has 1 atom stereocenters. The number of carbonyl (C=O) groups excluding carboxylic acids is 1. The minimum absolute atomic E-state index is 0.0904. The molecule has 0 radical (unpaired) electrons. The Labute approximate surface area is 131 Å². The van der Waals surface area contributed by atoms with Crippen molar-refractivity contribution < 1.29 is 13.9 Å². The summed E-state index contributed by atoms with van der Waals surface area (Å²) in [6.45, 7) is 3.65. The average Bonchev–Trinajstić information content (AvgIpc) is 2.96. The third kappa shape index (κ3) is 3.51. The number of nitrogens with zero attached hydrogens (tertiary/aromatic N) is 1. The molecular formula is C17H26N2O3. The molecule has 1 saturated carbocycles. The molecule has 0 bridgehead atoms. The first-order valence-corrected chi connectivity index (χ1v) is 8.62. The molecule has 2 heterocycles. The molecule has 1 saturated heterocycles. The van der Waals surface area contributed by atoms with Gasteiger partial charge in [-0.3, -0.25) is 4.79 Å². The fourth-order valence-electron chi connectivity index (χ4n) is 3.35. The predicted octanol–water partition coefficient (Wildman–Crippen LogP) is 3.27. The Bertz CT molecular complexity index is 490. The van der Waals surface area contributed by atoms with Crippen molar-refractivity contribution in [3.05, 3.63) is 17.8 Å². The first kappa shape index (κ1) is 15.5. The number of amides is 1. The number of carbonyl (C=O) groups is 1. The fourth-order valence-corrected chi connectivity index (χ4v) is 3.35. The minimum Gasteiger partial charge on any atom is -0.448 e. The van der Waals surface area contributed by atoms with Crippen LogP contribution in [0, 0.1) is 5.92 Å². The molecule has 1 unspecified atom stereocenters. The van der Waals surface area contributed by atoms with Gasteiger partial charge < -0.3 is 14.5 Å². The summed E-state index contributed by atoms with van der Waals surface area (Å²) in [5, 5.41) is 3.17. The van der Waals surface area contributed by atoms with Crippen LogP contribution in [0.1, 0.15) is 74.2 Å². The maximum absolute atomic E-state index is 12.4. The van der Waals surface area contributed by atoms with Gasteiger partial charge >= 0.3 is 0 Å². The van der Waals surface area contributed by atoms with E-state index in [1.807, 2.05) is 0 Å². The van der Waals surface area contributed by atoms with Gasteiger partial charge in [-0.05, 0) is 38.0 Å². The van der Waals surface area contributed by atoms with Gasteiger partial charge in [0.1, 0.15) is 6.26 Å². The van der Waals surface area contributed by atoms with E-state index < -0.39 is 0 Å². The molecule has 1 aromatic heterocycles. The van der Waals surface area contributed by atoms with Crippen LogP contribution in [0.5, 0.6) is 0 Å². The first-order chi connectivity index (χ1) is 10.8. The summed E-state index contributed by atoms with van der Waals surface area (Å²) < 4.78 is 10.9. The van der Waals surface area contributed by atoms with E-state index in [0.717, 1.165) is 38.9 Å². The molecule has 5 heteroatoms. The van der Waals surface area contributed by atoms with Crippen molar-refractivity contribution in [1.29, 1.82) is 0 Å². The van der Waals surface area contributed by atoms with Crippen molar-refractivity contribution in [2.75, 3.05) is 13.2 Å². The number of nitrogens with one attached hydrogen (secondary N) is 1. The Hall–Kier alpha value is -1.36. The standard InChI is InChI=1S/C17H26N2O3/c1-2-4-14(12-5-3-6-12)18-16(20)15-11-22-17(19-15)13-7-9-21-10-8-13/h11-14H,2-10H2,1H3,(H,18,20). The number of ether oxygens (including phenoxy) is 1. The highest BCUT2D eigenvalue weighted by molar-refractivity contribution is 5.92. The van der Waals surface area contributed by atoms with Gasteiger partial charge in [0.15, 0.2) is 11.6 Å². The predicted molar refractivity (Wildman–Crippen MR) is 82.8 cm³/mol. The molecule has 1 aliphatic heterocycles. The monoisotopic (exact) mass is 306 g/mol. The Morgan fingerprint density at radius 2 is 2.14 bits per heavy atom. The third-order valence-electron chi connectivity index (χ3n) is 4.96. The van der Waals surface area contributed by atoms with Crippen LogP contribution < -0.4 is 5.32 Å². The molecule has 2 fully saturated rings. The lowest BCUT2D eigenvalue weighted by Gasteiger charge is -2.34. The normalized spacial score (nSPS) is 21.3. The highest BCUT2D eigenvalue weighted by Crippen LogP contribution is 2.31. The number of hydrogen-bond donors (Lipinski definition) is 1. The second-order valence-corrected chi connectivity index (χ2v) is 6.52. The molecule has 5 nitrogen and oxygen atoms in total. The zero-order chi connectivity index (χ0) is 15.4. The zero-order valence-corrected chi connectivity index (χ0v) is 13.3. The topological polar surface area (TPSA) is 64.4 Å². The Morgan fingerprint density at radius 3 is 2.77 bits per heavy atom. The van der Waals surface area contributed by atoms with Gasteiger partial charge in [0, 0.05) is 25.2 Å². The third-order valence-corrected chi connectivity index (χ3v) is 4.96. The van der Waals surface area contributed by atoms with Crippen LogP contribution in [0.2, 0.25) is 0 Å². The molecule has 1 amide bonds. The molecule has 122 valence electrons. The van der Waals surface area contributed by atoms with Crippen LogP contribution in [0.3, 0.4) is 0 Å². The van der Waals surface area contributed by atoms with E-state index in [2.05, 4.69) is 17.2 Å². The Balaban J connectivity index is 1.60. The van der Waals surface area contributed by atoms with Gasteiger partial charge in [-0.2, -0.15) is 0 Å². The van der Waals surface area contributed by atoms with Crippen molar-refractivity contribution >= 4 is 5.91 Å². The van der Waals surface area contributed by atoms with E-state index >= 15 is 0 Å². The van der Waals surface area contributed by atoms with Crippen LogP contribution in [-0.4, -0.2) is 30.1 Å². The van der Waals surface area contributed by atoms with Crippen molar-refractivity contribution in [2.24, 2.45) is 5.92 Å². The molecule has 1 aromatic rings. The summed E-state index contributed by atoms with van der Waals surface area (Å²) >= 11 is 0. The Kier molecular flexibility index (Phi) is 5.13. The summed E-state index contributed by atoms with van der Waals surface area (Å²) in [4.78, 5) is 16.8. The van der Waals surface area contributed by atoms with E-state index in [0.29, 0.717) is 17.5 Å². The van der Waals surface area contributed by atoms with Crippen molar-refractivity contribution in [1.82, 2.24) is 10.3 Å². The van der Waals surface area contributed by atoms with Gasteiger partial charge in [-0.15, -0.1) is 0 Å². The molecule has 3 rings (SSSR count). The minimum atomic E-state index is -0.0904. The summed E-state index contributed by atoms with van der Waals surface area (Å²) in [7, 11) is 0. The van der Waals surface area contributed by atoms with Crippen LogP contribution in [-0.2, 0) is 4.74 Å². The van der Waals surface area contributed by atoms with Crippen LogP contribution >= 0.6 is 0 Å². The lowest BCUT2D eigenvalue weighted by atomic mass is 9.78. The summed E-state index contributed by atoms with van der Waals surface area (Å²) in [6, 6.07) is 0.287. The fraction of sp³-hybridized carbons (Fsp3) is 0.765. The van der Waals surface area contributed by atoms with Gasteiger partial charge in [-0.1, -0.05) is 19.8 Å². The highest BCUT2D eigenvalue weighted by Gasteiger charge is 2.29. The number of hydrogen-bond acceptors (Lipinski definition) is 4.